The lowest BCUT2D eigenvalue weighted by Crippen LogP contribution is -2.10. The quantitative estimate of drug-likeness (QED) is 0.458. The average molecular weight is 114 g/mol. The Kier molecular flexibility index (Phi) is 1.36. The van der Waals surface area contributed by atoms with Gasteiger partial charge >= 0.3 is 0 Å². The first kappa shape index (κ1) is 4.71. The molecule has 0 saturated heterocycles. The predicted octanol–water partition coefficient (Wildman–Crippen LogP) is 0.689. The number of aliphatic imine (C=N–C) groups is 1. The van der Waals surface area contributed by atoms with E-state index >= 15 is 0 Å². The second-order valence-corrected chi connectivity index (χ2v) is 1.79. The molecule has 0 unspecified atom stereocenters. The number of thiol groups is 1. The van der Waals surface area contributed by atoms with Crippen molar-refractivity contribution in [2.75, 3.05) is 6.54 Å². The molecular formula is C4H6N2S. The summed E-state index contributed by atoms with van der Waals surface area (Å²) in [4.78, 5) is 3.80. The van der Waals surface area contributed by atoms with Gasteiger partial charge in [-0.2, -0.15) is 0 Å². The van der Waals surface area contributed by atoms with Gasteiger partial charge in [0.05, 0.1) is 6.54 Å². The Labute approximate surface area is 48.1 Å². The zero-order chi connectivity index (χ0) is 5.11. The molecule has 0 fully saturated rings. The molecular weight excluding hydrogens is 108 g/mol. The number of rotatable bonds is 0. The van der Waals surface area contributed by atoms with Gasteiger partial charge in [-0.15, -0.1) is 0 Å². The molecule has 0 radical (unpaired) electrons. The van der Waals surface area contributed by atoms with Crippen LogP contribution in [0, 0.1) is 0 Å². The maximum Gasteiger partial charge on any atom is 0.100 e. The summed E-state index contributed by atoms with van der Waals surface area (Å²) in [6, 6.07) is 0. The molecule has 2 nitrogen and oxygen atoms in total. The van der Waals surface area contributed by atoms with Crippen LogP contribution in [0.1, 0.15) is 0 Å². The lowest BCUT2D eigenvalue weighted by Gasteiger charge is -2.08. The minimum absolute atomic E-state index is 0.854. The van der Waals surface area contributed by atoms with Crippen LogP contribution in [0.4, 0.5) is 0 Å². The van der Waals surface area contributed by atoms with Crippen LogP contribution in [-0.4, -0.2) is 17.2 Å². The molecule has 0 amide bonds. The Balaban J connectivity index is 2.49. The van der Waals surface area contributed by atoms with Crippen molar-refractivity contribution >= 4 is 19.2 Å². The topological polar surface area (TPSA) is 15.6 Å². The number of nitrogens with zero attached hydrogens (tertiary/aromatic N) is 2. The molecule has 38 valence electrons. The van der Waals surface area contributed by atoms with Crippen LogP contribution in [0.5, 0.6) is 0 Å². The second-order valence-electron chi connectivity index (χ2n) is 1.27. The van der Waals surface area contributed by atoms with E-state index in [1.807, 2.05) is 6.08 Å². The highest BCUT2D eigenvalue weighted by Gasteiger charge is 1.88. The fraction of sp³-hybridized carbons (Fsp3) is 0.250. The molecule has 3 heteroatoms. The molecule has 0 bridgehead atoms. The largest absolute Gasteiger partial charge is 0.305 e. The molecule has 1 aliphatic rings. The van der Waals surface area contributed by atoms with Crippen LogP contribution < -0.4 is 0 Å². The van der Waals surface area contributed by atoms with Crippen molar-refractivity contribution in [3.8, 4) is 0 Å². The average Bonchev–Trinajstić information content (AvgIpc) is 1.69. The highest BCUT2D eigenvalue weighted by atomic mass is 32.1. The summed E-state index contributed by atoms with van der Waals surface area (Å²) in [5, 5.41) is 0. The van der Waals surface area contributed by atoms with Crippen LogP contribution >= 0.6 is 12.8 Å². The summed E-state index contributed by atoms with van der Waals surface area (Å²) in [7, 11) is 0. The molecule has 0 aromatic heterocycles. The summed E-state index contributed by atoms with van der Waals surface area (Å²) in [6.07, 6.45) is 5.36. The maximum absolute atomic E-state index is 3.99. The molecule has 1 aliphatic heterocycles. The monoisotopic (exact) mass is 114 g/mol. The first-order chi connectivity index (χ1) is 3.39. The zero-order valence-corrected chi connectivity index (χ0v) is 4.68. The van der Waals surface area contributed by atoms with E-state index in [-0.39, 0.29) is 0 Å². The summed E-state index contributed by atoms with van der Waals surface area (Å²) in [6.45, 7) is 0.854. The van der Waals surface area contributed by atoms with Gasteiger partial charge in [0.1, 0.15) is 6.34 Å². The van der Waals surface area contributed by atoms with E-state index in [4.69, 9.17) is 0 Å². The molecule has 1 heterocycles. The van der Waals surface area contributed by atoms with Gasteiger partial charge in [0, 0.05) is 6.20 Å². The highest BCUT2D eigenvalue weighted by molar-refractivity contribution is 7.78. The predicted molar refractivity (Wildman–Crippen MR) is 33.3 cm³/mol. The van der Waals surface area contributed by atoms with Gasteiger partial charge in [-0.3, -0.25) is 0 Å². The van der Waals surface area contributed by atoms with E-state index < -0.39 is 0 Å². The molecule has 0 aromatic rings. The third kappa shape index (κ3) is 1.23. The maximum atomic E-state index is 3.99. The van der Waals surface area contributed by atoms with E-state index in [1.165, 1.54) is 0 Å². The Morgan fingerprint density at radius 3 is 2.86 bits per heavy atom. The van der Waals surface area contributed by atoms with Gasteiger partial charge in [-0.25, -0.2) is 4.99 Å². The van der Waals surface area contributed by atoms with Gasteiger partial charge in [0.2, 0.25) is 0 Å². The molecule has 7 heavy (non-hydrogen) atoms. The molecule has 0 aromatic carbocycles. The Morgan fingerprint density at radius 1 is 1.71 bits per heavy atom. The van der Waals surface area contributed by atoms with Crippen molar-refractivity contribution in [3.63, 3.8) is 0 Å². The Hall–Kier alpha value is -0.440. The third-order valence-corrected chi connectivity index (χ3v) is 0.950. The van der Waals surface area contributed by atoms with Crippen LogP contribution in [-0.2, 0) is 0 Å². The zero-order valence-electron chi connectivity index (χ0n) is 3.78. The van der Waals surface area contributed by atoms with Crippen molar-refractivity contribution in [3.05, 3.63) is 12.3 Å². The fourth-order valence-electron chi connectivity index (χ4n) is 0.379. The van der Waals surface area contributed by atoms with Crippen molar-refractivity contribution in [2.24, 2.45) is 4.99 Å². The molecule has 1 rings (SSSR count). The normalized spacial score (nSPS) is 18.1. The van der Waals surface area contributed by atoms with Gasteiger partial charge < -0.3 is 4.31 Å². The number of hydrogen-bond acceptors (Lipinski definition) is 3. The molecule has 0 N–H and O–H groups in total. The van der Waals surface area contributed by atoms with Crippen molar-refractivity contribution in [1.82, 2.24) is 4.31 Å². The van der Waals surface area contributed by atoms with Crippen molar-refractivity contribution in [2.45, 2.75) is 0 Å². The highest BCUT2D eigenvalue weighted by Crippen LogP contribution is 1.93. The van der Waals surface area contributed by atoms with E-state index in [1.54, 1.807) is 16.8 Å². The van der Waals surface area contributed by atoms with Crippen molar-refractivity contribution < 1.29 is 0 Å². The third-order valence-electron chi connectivity index (χ3n) is 0.684. The standard InChI is InChI=1S/C4H6N2S/c7-6-3-1-2-5-4-6/h1-2,4,7H,3H2. The summed E-state index contributed by atoms with van der Waals surface area (Å²) >= 11 is 3.99. The lowest BCUT2D eigenvalue weighted by atomic mass is 10.6. The molecule has 0 spiro atoms. The van der Waals surface area contributed by atoms with E-state index in [0.29, 0.717) is 0 Å². The van der Waals surface area contributed by atoms with Crippen molar-refractivity contribution in [1.29, 1.82) is 0 Å². The molecule has 0 saturated carbocycles. The number of hydrogen-bond donors (Lipinski definition) is 1. The first-order valence-electron chi connectivity index (χ1n) is 2.03. The fourth-order valence-corrected chi connectivity index (χ4v) is 0.532. The Bertz CT molecular complexity index is 108. The van der Waals surface area contributed by atoms with Gasteiger partial charge in [-0.05, 0) is 6.08 Å². The van der Waals surface area contributed by atoms with Crippen LogP contribution in [0.2, 0.25) is 0 Å². The minimum atomic E-state index is 0.854. The van der Waals surface area contributed by atoms with Gasteiger partial charge in [-0.1, -0.05) is 12.8 Å². The lowest BCUT2D eigenvalue weighted by molar-refractivity contribution is 0.778. The molecule has 0 atom stereocenters. The van der Waals surface area contributed by atoms with E-state index in [2.05, 4.69) is 17.8 Å². The Morgan fingerprint density at radius 2 is 2.57 bits per heavy atom. The first-order valence-corrected chi connectivity index (χ1v) is 2.43. The van der Waals surface area contributed by atoms with Crippen LogP contribution in [0.15, 0.2) is 17.3 Å². The van der Waals surface area contributed by atoms with E-state index in [0.717, 1.165) is 6.54 Å². The summed E-state index contributed by atoms with van der Waals surface area (Å²) in [5.41, 5.74) is 0. The van der Waals surface area contributed by atoms with Crippen LogP contribution in [0.3, 0.4) is 0 Å². The SMILES string of the molecule is SN1C=NC=CC1. The summed E-state index contributed by atoms with van der Waals surface area (Å²) in [5.74, 6) is 0. The summed E-state index contributed by atoms with van der Waals surface area (Å²) < 4.78 is 1.71. The van der Waals surface area contributed by atoms with Gasteiger partial charge in [0.15, 0.2) is 0 Å². The van der Waals surface area contributed by atoms with Gasteiger partial charge in [0.25, 0.3) is 0 Å². The smallest absolute Gasteiger partial charge is 0.100 e. The minimum Gasteiger partial charge on any atom is -0.305 e. The van der Waals surface area contributed by atoms with Crippen LogP contribution in [0.25, 0.3) is 0 Å². The van der Waals surface area contributed by atoms with E-state index in [9.17, 15) is 0 Å². The molecule has 0 aliphatic carbocycles. The second kappa shape index (κ2) is 2.02.